The number of nitrogens with one attached hydrogen (secondary N) is 1. The molecular formula is C16H17N3O2. The summed E-state index contributed by atoms with van der Waals surface area (Å²) in [6, 6.07) is 7.35. The summed E-state index contributed by atoms with van der Waals surface area (Å²) in [7, 11) is 0. The third-order valence-electron chi connectivity index (χ3n) is 2.77. The van der Waals surface area contributed by atoms with Crippen molar-refractivity contribution in [2.75, 3.05) is 11.9 Å². The van der Waals surface area contributed by atoms with Gasteiger partial charge in [-0.05, 0) is 18.2 Å². The van der Waals surface area contributed by atoms with Gasteiger partial charge in [0.1, 0.15) is 0 Å². The van der Waals surface area contributed by atoms with Crippen LogP contribution >= 0.6 is 0 Å². The SMILES string of the molecule is O=C(CCn1ccnc1)Nc1cccc(C#CCCO)c1. The molecule has 2 N–H and O–H groups in total. The minimum atomic E-state index is -0.0517. The maximum absolute atomic E-state index is 11.9. The third kappa shape index (κ3) is 5.13. The van der Waals surface area contributed by atoms with Crippen molar-refractivity contribution in [3.05, 3.63) is 48.5 Å². The van der Waals surface area contributed by atoms with Gasteiger partial charge in [-0.3, -0.25) is 4.79 Å². The lowest BCUT2D eigenvalue weighted by Crippen LogP contribution is -2.14. The van der Waals surface area contributed by atoms with Crippen LogP contribution < -0.4 is 5.32 Å². The molecule has 2 rings (SSSR count). The second kappa shape index (κ2) is 7.88. The van der Waals surface area contributed by atoms with E-state index in [1.807, 2.05) is 35.0 Å². The second-order valence-electron chi connectivity index (χ2n) is 4.45. The van der Waals surface area contributed by atoms with Gasteiger partial charge in [0.05, 0.1) is 12.9 Å². The fourth-order valence-corrected chi connectivity index (χ4v) is 1.77. The average Bonchev–Trinajstić information content (AvgIpc) is 2.99. The molecule has 0 radical (unpaired) electrons. The maximum atomic E-state index is 11.9. The van der Waals surface area contributed by atoms with E-state index in [1.165, 1.54) is 0 Å². The summed E-state index contributed by atoms with van der Waals surface area (Å²) in [5.74, 6) is 5.74. The van der Waals surface area contributed by atoms with E-state index in [2.05, 4.69) is 22.1 Å². The third-order valence-corrected chi connectivity index (χ3v) is 2.77. The normalized spacial score (nSPS) is 9.76. The van der Waals surface area contributed by atoms with Crippen molar-refractivity contribution in [1.29, 1.82) is 0 Å². The molecule has 0 atom stereocenters. The number of benzene rings is 1. The van der Waals surface area contributed by atoms with Gasteiger partial charge in [-0.1, -0.05) is 17.9 Å². The average molecular weight is 283 g/mol. The summed E-state index contributed by atoms with van der Waals surface area (Å²) in [6.45, 7) is 0.652. The largest absolute Gasteiger partial charge is 0.395 e. The molecule has 0 saturated heterocycles. The van der Waals surface area contributed by atoms with E-state index in [9.17, 15) is 4.79 Å². The first kappa shape index (κ1) is 14.8. The van der Waals surface area contributed by atoms with E-state index in [-0.39, 0.29) is 12.5 Å². The Kier molecular flexibility index (Phi) is 5.56. The molecule has 0 aliphatic carbocycles. The van der Waals surface area contributed by atoms with Crippen LogP contribution in [0.4, 0.5) is 5.69 Å². The molecule has 5 nitrogen and oxygen atoms in total. The van der Waals surface area contributed by atoms with Crippen molar-refractivity contribution in [3.8, 4) is 11.8 Å². The Morgan fingerprint density at radius 1 is 1.43 bits per heavy atom. The fourth-order valence-electron chi connectivity index (χ4n) is 1.77. The number of amides is 1. The van der Waals surface area contributed by atoms with Crippen molar-refractivity contribution in [3.63, 3.8) is 0 Å². The zero-order valence-corrected chi connectivity index (χ0v) is 11.6. The van der Waals surface area contributed by atoms with Crippen LogP contribution in [0.15, 0.2) is 43.0 Å². The van der Waals surface area contributed by atoms with Crippen LogP contribution in [0.5, 0.6) is 0 Å². The number of rotatable bonds is 5. The fraction of sp³-hybridized carbons (Fsp3) is 0.250. The topological polar surface area (TPSA) is 67.2 Å². The van der Waals surface area contributed by atoms with Crippen LogP contribution in [0, 0.1) is 11.8 Å². The number of nitrogens with zero attached hydrogens (tertiary/aromatic N) is 2. The van der Waals surface area contributed by atoms with Gasteiger partial charge in [-0.15, -0.1) is 0 Å². The molecule has 0 saturated carbocycles. The first-order valence-electron chi connectivity index (χ1n) is 6.73. The van der Waals surface area contributed by atoms with E-state index in [0.29, 0.717) is 19.4 Å². The smallest absolute Gasteiger partial charge is 0.226 e. The van der Waals surface area contributed by atoms with Gasteiger partial charge >= 0.3 is 0 Å². The number of imidazole rings is 1. The molecule has 0 bridgehead atoms. The minimum absolute atomic E-state index is 0.0517. The van der Waals surface area contributed by atoms with Gasteiger partial charge < -0.3 is 15.0 Å². The van der Waals surface area contributed by atoms with E-state index >= 15 is 0 Å². The first-order valence-corrected chi connectivity index (χ1v) is 6.73. The molecule has 0 unspecified atom stereocenters. The van der Waals surface area contributed by atoms with Crippen molar-refractivity contribution in [1.82, 2.24) is 9.55 Å². The zero-order valence-electron chi connectivity index (χ0n) is 11.6. The van der Waals surface area contributed by atoms with Gasteiger partial charge in [0.2, 0.25) is 5.91 Å². The maximum Gasteiger partial charge on any atom is 0.226 e. The molecule has 1 amide bonds. The predicted molar refractivity (Wildman–Crippen MR) is 80.5 cm³/mol. The monoisotopic (exact) mass is 283 g/mol. The molecule has 108 valence electrons. The number of aliphatic hydroxyl groups excluding tert-OH is 1. The van der Waals surface area contributed by atoms with E-state index < -0.39 is 0 Å². The van der Waals surface area contributed by atoms with Crippen LogP contribution in [-0.4, -0.2) is 27.2 Å². The summed E-state index contributed by atoms with van der Waals surface area (Å²) >= 11 is 0. The molecule has 2 aromatic rings. The van der Waals surface area contributed by atoms with Crippen molar-refractivity contribution in [2.45, 2.75) is 19.4 Å². The number of aromatic nitrogens is 2. The Morgan fingerprint density at radius 3 is 3.10 bits per heavy atom. The van der Waals surface area contributed by atoms with Crippen LogP contribution in [0.2, 0.25) is 0 Å². The van der Waals surface area contributed by atoms with E-state index in [1.54, 1.807) is 12.5 Å². The van der Waals surface area contributed by atoms with Gasteiger partial charge in [0, 0.05) is 43.0 Å². The summed E-state index contributed by atoms with van der Waals surface area (Å²) in [4.78, 5) is 15.8. The van der Waals surface area contributed by atoms with E-state index in [0.717, 1.165) is 11.3 Å². The van der Waals surface area contributed by atoms with Crippen LogP contribution in [0.1, 0.15) is 18.4 Å². The summed E-state index contributed by atoms with van der Waals surface area (Å²) < 4.78 is 1.86. The van der Waals surface area contributed by atoms with Crippen molar-refractivity contribution >= 4 is 11.6 Å². The highest BCUT2D eigenvalue weighted by Crippen LogP contribution is 2.10. The van der Waals surface area contributed by atoms with Crippen LogP contribution in [0.3, 0.4) is 0 Å². The highest BCUT2D eigenvalue weighted by atomic mass is 16.2. The van der Waals surface area contributed by atoms with Gasteiger partial charge in [0.25, 0.3) is 0 Å². The zero-order chi connectivity index (χ0) is 14.9. The Labute approximate surface area is 123 Å². The van der Waals surface area contributed by atoms with Gasteiger partial charge in [0.15, 0.2) is 0 Å². The highest BCUT2D eigenvalue weighted by Gasteiger charge is 2.03. The molecule has 21 heavy (non-hydrogen) atoms. The molecule has 0 spiro atoms. The summed E-state index contributed by atoms with van der Waals surface area (Å²) in [5, 5.41) is 11.5. The number of hydrogen-bond donors (Lipinski definition) is 2. The van der Waals surface area contributed by atoms with Gasteiger partial charge in [-0.2, -0.15) is 0 Å². The Balaban J connectivity index is 1.88. The van der Waals surface area contributed by atoms with Gasteiger partial charge in [-0.25, -0.2) is 4.98 Å². The summed E-state index contributed by atoms with van der Waals surface area (Å²) in [5.41, 5.74) is 1.54. The predicted octanol–water partition coefficient (Wildman–Crippen LogP) is 1.65. The lowest BCUT2D eigenvalue weighted by Gasteiger charge is -2.06. The lowest BCUT2D eigenvalue weighted by molar-refractivity contribution is -0.116. The molecule has 0 aliphatic rings. The lowest BCUT2D eigenvalue weighted by atomic mass is 10.2. The molecule has 1 aromatic heterocycles. The number of anilines is 1. The highest BCUT2D eigenvalue weighted by molar-refractivity contribution is 5.90. The van der Waals surface area contributed by atoms with Crippen LogP contribution in [-0.2, 0) is 11.3 Å². The van der Waals surface area contributed by atoms with Crippen LogP contribution in [0.25, 0.3) is 0 Å². The quantitative estimate of drug-likeness (QED) is 0.820. The Bertz CT molecular complexity index is 639. The standard InChI is InChI=1S/C16H17N3O2/c20-11-2-1-4-14-5-3-6-15(12-14)18-16(21)7-9-19-10-8-17-13-19/h3,5-6,8,10,12-13,20H,2,7,9,11H2,(H,18,21). The minimum Gasteiger partial charge on any atom is -0.395 e. The number of carbonyl (C=O) groups is 1. The summed E-state index contributed by atoms with van der Waals surface area (Å²) in [6.07, 6.45) is 6.03. The Hall–Kier alpha value is -2.58. The number of hydrogen-bond acceptors (Lipinski definition) is 3. The molecule has 0 aliphatic heterocycles. The molecule has 1 heterocycles. The molecule has 5 heteroatoms. The second-order valence-corrected chi connectivity index (χ2v) is 4.45. The first-order chi connectivity index (χ1) is 10.3. The van der Waals surface area contributed by atoms with Crippen molar-refractivity contribution < 1.29 is 9.90 Å². The number of aliphatic hydroxyl groups is 1. The van der Waals surface area contributed by atoms with E-state index in [4.69, 9.17) is 5.11 Å². The number of aryl methyl sites for hydroxylation is 1. The molecular weight excluding hydrogens is 266 g/mol. The molecule has 0 fully saturated rings. The van der Waals surface area contributed by atoms with Crippen molar-refractivity contribution in [2.24, 2.45) is 0 Å². The molecule has 1 aromatic carbocycles. The Morgan fingerprint density at radius 2 is 2.33 bits per heavy atom. The number of carbonyl (C=O) groups excluding carboxylic acids is 1.